The summed E-state index contributed by atoms with van der Waals surface area (Å²) < 4.78 is 7.48. The number of rotatable bonds is 3. The molecular formula is C21H25N7O. The van der Waals surface area contributed by atoms with Gasteiger partial charge < -0.3 is 9.64 Å². The number of hydrogen-bond donors (Lipinski definition) is 0. The highest BCUT2D eigenvalue weighted by atomic mass is 16.5. The number of anilines is 1. The minimum Gasteiger partial charge on any atom is -0.378 e. The topological polar surface area (TPSA) is 71.7 Å². The Kier molecular flexibility index (Phi) is 4.02. The number of ether oxygens (including phenoxy) is 1. The van der Waals surface area contributed by atoms with Gasteiger partial charge in [0.05, 0.1) is 24.6 Å². The highest BCUT2D eigenvalue weighted by Gasteiger charge is 2.41. The second-order valence-electron chi connectivity index (χ2n) is 8.33. The van der Waals surface area contributed by atoms with Crippen LogP contribution in [0.3, 0.4) is 0 Å². The molecule has 3 aliphatic rings. The van der Waals surface area contributed by atoms with Gasteiger partial charge in [-0.05, 0) is 19.8 Å². The van der Waals surface area contributed by atoms with E-state index in [1.54, 1.807) is 0 Å². The fraction of sp³-hybridized carbons (Fsp3) is 0.524. The van der Waals surface area contributed by atoms with Gasteiger partial charge in [0, 0.05) is 73.9 Å². The molecule has 2 fully saturated rings. The number of morpholine rings is 1. The Morgan fingerprint density at radius 3 is 2.72 bits per heavy atom. The van der Waals surface area contributed by atoms with Crippen molar-refractivity contribution < 1.29 is 4.74 Å². The molecule has 0 N–H and O–H groups in total. The summed E-state index contributed by atoms with van der Waals surface area (Å²) in [6, 6.07) is 3.01. The van der Waals surface area contributed by atoms with Gasteiger partial charge in [0.25, 0.3) is 0 Å². The van der Waals surface area contributed by atoms with Crippen molar-refractivity contribution in [2.45, 2.75) is 44.8 Å². The molecule has 0 aromatic carbocycles. The van der Waals surface area contributed by atoms with E-state index < -0.39 is 0 Å². The molecular weight excluding hydrogens is 366 g/mol. The maximum absolute atomic E-state index is 5.42. The summed E-state index contributed by atoms with van der Waals surface area (Å²) in [5.41, 5.74) is 5.83. The summed E-state index contributed by atoms with van der Waals surface area (Å²) in [7, 11) is 0. The summed E-state index contributed by atoms with van der Waals surface area (Å²) in [5.74, 6) is 0.810. The Hall–Kier alpha value is -2.58. The molecule has 0 spiro atoms. The molecule has 0 radical (unpaired) electrons. The standard InChI is InChI=1S/C21H25N7O/c1-14-8-20-22-12-17-18-3-2-16(9-19(17)28(20)25-14)27(18)13-15-10-23-21(24-11-15)26-4-6-29-7-5-26/h8,10-12,16,18H,2-7,9,13H2,1H3/t16-,18+/m0/s1. The van der Waals surface area contributed by atoms with E-state index in [0.717, 1.165) is 56.6 Å². The van der Waals surface area contributed by atoms with Crippen LogP contribution in [0.5, 0.6) is 0 Å². The lowest BCUT2D eigenvalue weighted by Crippen LogP contribution is -2.38. The highest BCUT2D eigenvalue weighted by Crippen LogP contribution is 2.44. The molecule has 0 amide bonds. The molecule has 3 aliphatic heterocycles. The summed E-state index contributed by atoms with van der Waals surface area (Å²) in [6.45, 7) is 6.14. The van der Waals surface area contributed by atoms with E-state index in [-0.39, 0.29) is 0 Å². The summed E-state index contributed by atoms with van der Waals surface area (Å²) in [5, 5.41) is 4.69. The average Bonchev–Trinajstić information content (AvgIpc) is 3.26. The molecule has 2 saturated heterocycles. The van der Waals surface area contributed by atoms with E-state index in [1.165, 1.54) is 29.7 Å². The fourth-order valence-corrected chi connectivity index (χ4v) is 5.11. The van der Waals surface area contributed by atoms with Crippen molar-refractivity contribution in [3.8, 4) is 0 Å². The number of hydrogen-bond acceptors (Lipinski definition) is 7. The third-order valence-corrected chi connectivity index (χ3v) is 6.52. The molecule has 2 bridgehead atoms. The minimum atomic E-state index is 0.407. The Balaban J connectivity index is 1.25. The highest BCUT2D eigenvalue weighted by molar-refractivity contribution is 5.44. The van der Waals surface area contributed by atoms with E-state index >= 15 is 0 Å². The molecule has 3 aromatic heterocycles. The van der Waals surface area contributed by atoms with Crippen LogP contribution in [0.1, 0.15) is 41.4 Å². The third-order valence-electron chi connectivity index (χ3n) is 6.52. The molecule has 0 aliphatic carbocycles. The lowest BCUT2D eigenvalue weighted by Gasteiger charge is -2.36. The Labute approximate surface area is 169 Å². The predicted octanol–water partition coefficient (Wildman–Crippen LogP) is 1.93. The normalized spacial score (nSPS) is 24.2. The van der Waals surface area contributed by atoms with Crippen LogP contribution in [0.4, 0.5) is 5.95 Å². The minimum absolute atomic E-state index is 0.407. The second kappa shape index (κ2) is 6.74. The van der Waals surface area contributed by atoms with Gasteiger partial charge in [0.1, 0.15) is 0 Å². The molecule has 2 atom stereocenters. The van der Waals surface area contributed by atoms with Gasteiger partial charge in [-0.2, -0.15) is 5.10 Å². The summed E-state index contributed by atoms with van der Waals surface area (Å²) >= 11 is 0. The van der Waals surface area contributed by atoms with Crippen LogP contribution in [0.25, 0.3) is 5.65 Å². The average molecular weight is 391 g/mol. The molecule has 0 saturated carbocycles. The van der Waals surface area contributed by atoms with Crippen molar-refractivity contribution in [3.63, 3.8) is 0 Å². The van der Waals surface area contributed by atoms with Crippen LogP contribution in [0.15, 0.2) is 24.7 Å². The van der Waals surface area contributed by atoms with Crippen LogP contribution >= 0.6 is 0 Å². The van der Waals surface area contributed by atoms with Gasteiger partial charge in [-0.25, -0.2) is 19.5 Å². The van der Waals surface area contributed by atoms with E-state index in [0.29, 0.717) is 12.1 Å². The maximum atomic E-state index is 5.42. The smallest absolute Gasteiger partial charge is 0.225 e. The largest absolute Gasteiger partial charge is 0.378 e. The molecule has 8 nitrogen and oxygen atoms in total. The van der Waals surface area contributed by atoms with Crippen LogP contribution in [-0.2, 0) is 17.7 Å². The Morgan fingerprint density at radius 2 is 1.90 bits per heavy atom. The second-order valence-corrected chi connectivity index (χ2v) is 8.33. The van der Waals surface area contributed by atoms with Crippen LogP contribution < -0.4 is 4.90 Å². The molecule has 29 heavy (non-hydrogen) atoms. The molecule has 6 heterocycles. The van der Waals surface area contributed by atoms with E-state index in [2.05, 4.69) is 46.6 Å². The molecule has 150 valence electrons. The van der Waals surface area contributed by atoms with Crippen molar-refractivity contribution in [2.24, 2.45) is 0 Å². The van der Waals surface area contributed by atoms with E-state index in [4.69, 9.17) is 4.74 Å². The Bertz CT molecular complexity index is 1040. The monoisotopic (exact) mass is 391 g/mol. The SMILES string of the molecule is Cc1cc2ncc3c(n2n1)C[C@@H]1CC[C@H]3N1Cc1cnc(N2CCOCC2)nc1. The van der Waals surface area contributed by atoms with Crippen LogP contribution in [-0.4, -0.2) is 61.8 Å². The van der Waals surface area contributed by atoms with Crippen molar-refractivity contribution in [1.29, 1.82) is 0 Å². The molecule has 3 aromatic rings. The quantitative estimate of drug-likeness (QED) is 0.675. The van der Waals surface area contributed by atoms with Gasteiger partial charge in [0.2, 0.25) is 5.95 Å². The van der Waals surface area contributed by atoms with E-state index in [9.17, 15) is 0 Å². The first-order valence-corrected chi connectivity index (χ1v) is 10.5. The van der Waals surface area contributed by atoms with Crippen LogP contribution in [0.2, 0.25) is 0 Å². The third kappa shape index (κ3) is 2.89. The van der Waals surface area contributed by atoms with Gasteiger partial charge in [0.15, 0.2) is 5.65 Å². The molecule has 6 rings (SSSR count). The van der Waals surface area contributed by atoms with Crippen molar-refractivity contribution in [1.82, 2.24) is 29.5 Å². The lowest BCUT2D eigenvalue weighted by atomic mass is 9.98. The number of aromatic nitrogens is 5. The molecule has 8 heteroatoms. The van der Waals surface area contributed by atoms with Gasteiger partial charge in [-0.3, -0.25) is 4.90 Å². The molecule has 0 unspecified atom stereocenters. The first kappa shape index (κ1) is 17.3. The summed E-state index contributed by atoms with van der Waals surface area (Å²) in [6.07, 6.45) is 9.48. The van der Waals surface area contributed by atoms with Gasteiger partial charge in [-0.1, -0.05) is 0 Å². The van der Waals surface area contributed by atoms with Crippen molar-refractivity contribution >= 4 is 11.6 Å². The first-order chi connectivity index (χ1) is 14.3. The predicted molar refractivity (Wildman–Crippen MR) is 108 cm³/mol. The summed E-state index contributed by atoms with van der Waals surface area (Å²) in [4.78, 5) is 18.7. The number of nitrogens with zero attached hydrogens (tertiary/aromatic N) is 7. The van der Waals surface area contributed by atoms with Crippen molar-refractivity contribution in [2.75, 3.05) is 31.2 Å². The maximum Gasteiger partial charge on any atom is 0.225 e. The number of fused-ring (bicyclic) bond motifs is 6. The zero-order chi connectivity index (χ0) is 19.4. The van der Waals surface area contributed by atoms with Crippen molar-refractivity contribution in [3.05, 3.63) is 47.2 Å². The fourth-order valence-electron chi connectivity index (χ4n) is 5.11. The van der Waals surface area contributed by atoms with Gasteiger partial charge in [-0.15, -0.1) is 0 Å². The zero-order valence-electron chi connectivity index (χ0n) is 16.7. The lowest BCUT2D eigenvalue weighted by molar-refractivity contribution is 0.122. The van der Waals surface area contributed by atoms with E-state index in [1.807, 2.05) is 19.3 Å². The van der Waals surface area contributed by atoms with Crippen LogP contribution in [0, 0.1) is 6.92 Å². The zero-order valence-corrected chi connectivity index (χ0v) is 16.7. The van der Waals surface area contributed by atoms with Gasteiger partial charge >= 0.3 is 0 Å². The Morgan fingerprint density at radius 1 is 1.07 bits per heavy atom. The first-order valence-electron chi connectivity index (χ1n) is 10.5. The number of aryl methyl sites for hydroxylation is 1.